The largest absolute Gasteiger partial charge is 0.346 e. The molecule has 1 aliphatic carbocycles. The predicted molar refractivity (Wildman–Crippen MR) is 99.7 cm³/mol. The van der Waals surface area contributed by atoms with Gasteiger partial charge in [0.05, 0.1) is 6.04 Å². The maximum Gasteiger partial charge on any atom is 0.223 e. The Morgan fingerprint density at radius 3 is 2.92 bits per heavy atom. The molecule has 2 aromatic rings. The van der Waals surface area contributed by atoms with Crippen molar-refractivity contribution < 1.29 is 4.79 Å². The van der Waals surface area contributed by atoms with E-state index in [4.69, 9.17) is 11.6 Å². The first-order chi connectivity index (χ1) is 12.6. The summed E-state index contributed by atoms with van der Waals surface area (Å²) >= 11 is 6.10. The quantitative estimate of drug-likeness (QED) is 0.875. The molecule has 1 fully saturated rings. The lowest BCUT2D eigenvalue weighted by atomic mass is 10.2. The number of nitrogens with one attached hydrogen (secondary N) is 1. The number of hydrogen-bond acceptors (Lipinski definition) is 4. The van der Waals surface area contributed by atoms with Crippen LogP contribution in [0.4, 0.5) is 0 Å². The van der Waals surface area contributed by atoms with Gasteiger partial charge < -0.3 is 9.88 Å². The van der Waals surface area contributed by atoms with Gasteiger partial charge in [0.25, 0.3) is 0 Å². The first-order valence-corrected chi connectivity index (χ1v) is 9.67. The van der Waals surface area contributed by atoms with E-state index < -0.39 is 0 Å². The molecule has 0 spiro atoms. The fourth-order valence-electron chi connectivity index (χ4n) is 3.50. The number of halogens is 1. The molecule has 1 N–H and O–H groups in total. The molecule has 1 aliphatic heterocycles. The number of carbonyl (C=O) groups is 1. The minimum atomic E-state index is -0.108. The highest BCUT2D eigenvalue weighted by Gasteiger charge is 2.31. The highest BCUT2D eigenvalue weighted by molar-refractivity contribution is 6.30. The zero-order valence-electron chi connectivity index (χ0n) is 15.0. The van der Waals surface area contributed by atoms with Crippen molar-refractivity contribution in [2.45, 2.75) is 45.3 Å². The van der Waals surface area contributed by atoms with Crippen molar-refractivity contribution in [1.82, 2.24) is 25.0 Å². The van der Waals surface area contributed by atoms with Gasteiger partial charge in [-0.2, -0.15) is 0 Å². The molecule has 138 valence electrons. The Morgan fingerprint density at radius 2 is 2.15 bits per heavy atom. The highest BCUT2D eigenvalue weighted by atomic mass is 35.5. The van der Waals surface area contributed by atoms with Crippen molar-refractivity contribution in [2.24, 2.45) is 5.92 Å². The maximum absolute atomic E-state index is 12.0. The van der Waals surface area contributed by atoms with Gasteiger partial charge in [0.2, 0.25) is 5.91 Å². The van der Waals surface area contributed by atoms with E-state index in [1.807, 2.05) is 25.1 Å². The topological polar surface area (TPSA) is 63.1 Å². The summed E-state index contributed by atoms with van der Waals surface area (Å²) < 4.78 is 2.18. The van der Waals surface area contributed by atoms with Crippen molar-refractivity contribution in [1.29, 1.82) is 0 Å². The molecule has 4 rings (SSSR count). The molecule has 0 saturated heterocycles. The third-order valence-corrected chi connectivity index (χ3v) is 5.37. The summed E-state index contributed by atoms with van der Waals surface area (Å²) in [6.07, 6.45) is 2.88. The fourth-order valence-corrected chi connectivity index (χ4v) is 3.72. The Labute approximate surface area is 158 Å². The van der Waals surface area contributed by atoms with Crippen LogP contribution < -0.4 is 5.32 Å². The monoisotopic (exact) mass is 373 g/mol. The Bertz CT molecular complexity index is 801. The lowest BCUT2D eigenvalue weighted by molar-refractivity contribution is -0.123. The second-order valence-corrected chi connectivity index (χ2v) is 7.72. The summed E-state index contributed by atoms with van der Waals surface area (Å²) in [5.41, 5.74) is 1.22. The van der Waals surface area contributed by atoms with Crippen LogP contribution in [0.2, 0.25) is 5.02 Å². The van der Waals surface area contributed by atoms with Crippen LogP contribution in [-0.2, 0) is 24.3 Å². The summed E-state index contributed by atoms with van der Waals surface area (Å²) in [4.78, 5) is 14.5. The van der Waals surface area contributed by atoms with Gasteiger partial charge in [-0.1, -0.05) is 23.7 Å². The Kier molecular flexibility index (Phi) is 4.96. The normalized spacial score (nSPS) is 18.8. The molecule has 1 atom stereocenters. The smallest absolute Gasteiger partial charge is 0.223 e. The van der Waals surface area contributed by atoms with Crippen molar-refractivity contribution in [2.75, 3.05) is 13.1 Å². The number of carbonyl (C=O) groups excluding carboxylic acids is 1. The molecule has 1 amide bonds. The third-order valence-electron chi connectivity index (χ3n) is 5.14. The Morgan fingerprint density at radius 1 is 1.31 bits per heavy atom. The van der Waals surface area contributed by atoms with Crippen LogP contribution in [0.25, 0.3) is 0 Å². The molecular formula is C19H24ClN5O. The van der Waals surface area contributed by atoms with Gasteiger partial charge in [0.1, 0.15) is 5.82 Å². The summed E-state index contributed by atoms with van der Waals surface area (Å²) in [6.45, 7) is 5.57. The van der Waals surface area contributed by atoms with Crippen LogP contribution in [0.15, 0.2) is 24.3 Å². The number of amides is 1. The van der Waals surface area contributed by atoms with Crippen LogP contribution >= 0.6 is 11.6 Å². The van der Waals surface area contributed by atoms with E-state index >= 15 is 0 Å². The molecule has 0 unspecified atom stereocenters. The van der Waals surface area contributed by atoms with E-state index in [1.165, 1.54) is 5.56 Å². The van der Waals surface area contributed by atoms with Gasteiger partial charge >= 0.3 is 0 Å². The second kappa shape index (κ2) is 7.37. The van der Waals surface area contributed by atoms with Crippen molar-refractivity contribution in [3.8, 4) is 0 Å². The van der Waals surface area contributed by atoms with E-state index in [1.54, 1.807) is 0 Å². The molecule has 1 aromatic carbocycles. The van der Waals surface area contributed by atoms with E-state index in [9.17, 15) is 4.79 Å². The van der Waals surface area contributed by atoms with Gasteiger partial charge in [-0.25, -0.2) is 0 Å². The molecule has 26 heavy (non-hydrogen) atoms. The number of hydrogen-bond donors (Lipinski definition) is 1. The predicted octanol–water partition coefficient (Wildman–Crippen LogP) is 2.58. The lowest BCUT2D eigenvalue weighted by Gasteiger charge is -2.20. The number of nitrogens with zero attached hydrogens (tertiary/aromatic N) is 4. The first-order valence-electron chi connectivity index (χ1n) is 9.29. The average molecular weight is 374 g/mol. The third kappa shape index (κ3) is 3.91. The second-order valence-electron chi connectivity index (χ2n) is 7.29. The molecule has 1 aromatic heterocycles. The van der Waals surface area contributed by atoms with Gasteiger partial charge in [0.15, 0.2) is 5.82 Å². The van der Waals surface area contributed by atoms with Crippen LogP contribution in [-0.4, -0.2) is 38.7 Å². The zero-order valence-corrected chi connectivity index (χ0v) is 15.7. The van der Waals surface area contributed by atoms with E-state index in [-0.39, 0.29) is 17.9 Å². The molecule has 7 heteroatoms. The molecule has 2 heterocycles. The lowest BCUT2D eigenvalue weighted by Crippen LogP contribution is -2.31. The fraction of sp³-hybridized carbons (Fsp3) is 0.526. The van der Waals surface area contributed by atoms with Gasteiger partial charge in [-0.15, -0.1) is 10.2 Å². The minimum Gasteiger partial charge on any atom is -0.346 e. The number of benzene rings is 1. The van der Waals surface area contributed by atoms with Crippen LogP contribution in [0.1, 0.15) is 43.0 Å². The number of aromatic nitrogens is 3. The maximum atomic E-state index is 12.0. The van der Waals surface area contributed by atoms with Crippen molar-refractivity contribution >= 4 is 17.5 Å². The van der Waals surface area contributed by atoms with Gasteiger partial charge in [0, 0.05) is 43.5 Å². The zero-order chi connectivity index (χ0) is 18.1. The summed E-state index contributed by atoms with van der Waals surface area (Å²) in [7, 11) is 0. The van der Waals surface area contributed by atoms with E-state index in [0.29, 0.717) is 0 Å². The van der Waals surface area contributed by atoms with Crippen LogP contribution in [0.5, 0.6) is 0 Å². The SMILES string of the molecule is C[C@@H](NC(=O)C1CC1)c1nnc2n1CCN(Cc1cccc(Cl)c1)CC2. The molecule has 1 saturated carbocycles. The van der Waals surface area contributed by atoms with Crippen LogP contribution in [0, 0.1) is 5.92 Å². The summed E-state index contributed by atoms with van der Waals surface area (Å²) in [6, 6.07) is 7.92. The van der Waals surface area contributed by atoms with Gasteiger partial charge in [-0.3, -0.25) is 9.69 Å². The average Bonchev–Trinajstić information content (AvgIpc) is 3.41. The van der Waals surface area contributed by atoms with E-state index in [0.717, 1.165) is 62.1 Å². The standard InChI is InChI=1S/C19H24ClN5O/c1-13(21-19(26)15-5-6-15)18-23-22-17-7-8-24(9-10-25(17)18)12-14-3-2-4-16(20)11-14/h2-4,11,13,15H,5-10,12H2,1H3,(H,21,26)/t13-/m1/s1. The minimum absolute atomic E-state index is 0.108. The van der Waals surface area contributed by atoms with E-state index in [2.05, 4.69) is 31.0 Å². The van der Waals surface area contributed by atoms with Crippen molar-refractivity contribution in [3.05, 3.63) is 46.5 Å². The van der Waals surface area contributed by atoms with Crippen molar-refractivity contribution in [3.63, 3.8) is 0 Å². The first kappa shape index (κ1) is 17.5. The highest BCUT2D eigenvalue weighted by Crippen LogP contribution is 2.29. The Hall–Kier alpha value is -1.92. The molecule has 2 aliphatic rings. The summed E-state index contributed by atoms with van der Waals surface area (Å²) in [5.74, 6) is 2.21. The molecule has 0 bridgehead atoms. The Balaban J connectivity index is 1.41. The molecule has 6 nitrogen and oxygen atoms in total. The summed E-state index contributed by atoms with van der Waals surface area (Å²) in [5, 5.41) is 12.6. The number of fused-ring (bicyclic) bond motifs is 1. The van der Waals surface area contributed by atoms with Crippen LogP contribution in [0.3, 0.4) is 0 Å². The molecular weight excluding hydrogens is 350 g/mol. The molecule has 0 radical (unpaired) electrons. The number of rotatable bonds is 5. The van der Waals surface area contributed by atoms with Gasteiger partial charge in [-0.05, 0) is 37.5 Å².